The standard InChI is InChI=1S/C15H34N2/c1-8-11-13(4)12-14(16-7)15(5,6)17(9-2)10-3/h13-14,16H,8-12H2,1-7H3. The molecule has 0 aliphatic heterocycles. The highest BCUT2D eigenvalue weighted by atomic mass is 15.2. The second-order valence-corrected chi connectivity index (χ2v) is 5.80. The molecule has 0 heterocycles. The highest BCUT2D eigenvalue weighted by Crippen LogP contribution is 2.25. The first-order chi connectivity index (χ1) is 7.93. The first kappa shape index (κ1) is 16.9. The Morgan fingerprint density at radius 3 is 2.00 bits per heavy atom. The van der Waals surface area contributed by atoms with Gasteiger partial charge in [-0.1, -0.05) is 40.5 Å². The fourth-order valence-electron chi connectivity index (χ4n) is 3.03. The molecule has 2 unspecified atom stereocenters. The van der Waals surface area contributed by atoms with E-state index in [1.807, 2.05) is 0 Å². The highest BCUT2D eigenvalue weighted by molar-refractivity contribution is 4.93. The molecule has 2 heteroatoms. The first-order valence-electron chi connectivity index (χ1n) is 7.36. The second-order valence-electron chi connectivity index (χ2n) is 5.80. The summed E-state index contributed by atoms with van der Waals surface area (Å²) in [5, 5.41) is 3.54. The van der Waals surface area contributed by atoms with Gasteiger partial charge in [-0.3, -0.25) is 4.90 Å². The third-order valence-corrected chi connectivity index (χ3v) is 4.20. The molecule has 0 bridgehead atoms. The van der Waals surface area contributed by atoms with E-state index in [1.165, 1.54) is 19.3 Å². The molecule has 0 spiro atoms. The van der Waals surface area contributed by atoms with Crippen LogP contribution in [0.2, 0.25) is 0 Å². The van der Waals surface area contributed by atoms with E-state index in [0.717, 1.165) is 19.0 Å². The van der Waals surface area contributed by atoms with E-state index in [2.05, 4.69) is 58.8 Å². The maximum Gasteiger partial charge on any atom is 0.0305 e. The van der Waals surface area contributed by atoms with Gasteiger partial charge in [-0.25, -0.2) is 0 Å². The number of hydrogen-bond acceptors (Lipinski definition) is 2. The van der Waals surface area contributed by atoms with Crippen LogP contribution in [-0.4, -0.2) is 36.6 Å². The fourth-order valence-corrected chi connectivity index (χ4v) is 3.03. The monoisotopic (exact) mass is 242 g/mol. The Morgan fingerprint density at radius 1 is 1.12 bits per heavy atom. The minimum Gasteiger partial charge on any atom is -0.315 e. The van der Waals surface area contributed by atoms with Crippen molar-refractivity contribution in [1.29, 1.82) is 0 Å². The normalized spacial score (nSPS) is 16.2. The number of rotatable bonds is 9. The molecule has 0 radical (unpaired) electrons. The van der Waals surface area contributed by atoms with Gasteiger partial charge in [0.15, 0.2) is 0 Å². The summed E-state index contributed by atoms with van der Waals surface area (Å²) in [6.07, 6.45) is 3.91. The lowest BCUT2D eigenvalue weighted by Gasteiger charge is -2.44. The van der Waals surface area contributed by atoms with E-state index in [1.54, 1.807) is 0 Å². The molecule has 104 valence electrons. The lowest BCUT2D eigenvalue weighted by Crippen LogP contribution is -2.57. The molecule has 0 saturated carbocycles. The largest absolute Gasteiger partial charge is 0.315 e. The van der Waals surface area contributed by atoms with Crippen molar-refractivity contribution in [1.82, 2.24) is 10.2 Å². The van der Waals surface area contributed by atoms with Crippen LogP contribution in [-0.2, 0) is 0 Å². The number of hydrogen-bond donors (Lipinski definition) is 1. The average Bonchev–Trinajstić information content (AvgIpc) is 2.27. The van der Waals surface area contributed by atoms with E-state index in [0.29, 0.717) is 6.04 Å². The summed E-state index contributed by atoms with van der Waals surface area (Å²) in [4.78, 5) is 2.56. The predicted octanol–water partition coefficient (Wildman–Crippen LogP) is 3.52. The highest BCUT2D eigenvalue weighted by Gasteiger charge is 2.33. The van der Waals surface area contributed by atoms with Gasteiger partial charge in [0.1, 0.15) is 0 Å². The summed E-state index contributed by atoms with van der Waals surface area (Å²) in [6.45, 7) is 16.2. The van der Waals surface area contributed by atoms with Crippen LogP contribution in [0.4, 0.5) is 0 Å². The van der Waals surface area contributed by atoms with Crippen LogP contribution in [0.1, 0.15) is 60.8 Å². The molecular weight excluding hydrogens is 208 g/mol. The molecule has 2 atom stereocenters. The summed E-state index contributed by atoms with van der Waals surface area (Å²) >= 11 is 0. The fraction of sp³-hybridized carbons (Fsp3) is 1.00. The summed E-state index contributed by atoms with van der Waals surface area (Å²) in [5.74, 6) is 0.812. The summed E-state index contributed by atoms with van der Waals surface area (Å²) in [7, 11) is 2.11. The molecule has 0 aliphatic carbocycles. The molecular formula is C15H34N2. The van der Waals surface area contributed by atoms with Crippen LogP contribution in [0.3, 0.4) is 0 Å². The maximum atomic E-state index is 3.54. The van der Waals surface area contributed by atoms with E-state index < -0.39 is 0 Å². The van der Waals surface area contributed by atoms with Gasteiger partial charge in [-0.15, -0.1) is 0 Å². The van der Waals surface area contributed by atoms with E-state index in [-0.39, 0.29) is 5.54 Å². The van der Waals surface area contributed by atoms with Gasteiger partial charge < -0.3 is 5.32 Å². The van der Waals surface area contributed by atoms with Crippen molar-refractivity contribution in [2.24, 2.45) is 5.92 Å². The van der Waals surface area contributed by atoms with Crippen molar-refractivity contribution in [2.45, 2.75) is 72.4 Å². The first-order valence-corrected chi connectivity index (χ1v) is 7.36. The second kappa shape index (κ2) is 8.10. The predicted molar refractivity (Wildman–Crippen MR) is 78.5 cm³/mol. The van der Waals surface area contributed by atoms with Crippen LogP contribution in [0, 0.1) is 5.92 Å². The smallest absolute Gasteiger partial charge is 0.0305 e. The maximum absolute atomic E-state index is 3.54. The zero-order valence-electron chi connectivity index (χ0n) is 13.1. The lowest BCUT2D eigenvalue weighted by molar-refractivity contribution is 0.0836. The van der Waals surface area contributed by atoms with E-state index in [9.17, 15) is 0 Å². The SMILES string of the molecule is CCCC(C)CC(NC)C(C)(C)N(CC)CC. The zero-order chi connectivity index (χ0) is 13.5. The van der Waals surface area contributed by atoms with Gasteiger partial charge in [0.25, 0.3) is 0 Å². The van der Waals surface area contributed by atoms with Gasteiger partial charge in [0.2, 0.25) is 0 Å². The molecule has 0 fully saturated rings. The molecule has 0 rings (SSSR count). The van der Waals surface area contributed by atoms with Crippen LogP contribution in [0.15, 0.2) is 0 Å². The molecule has 0 aromatic heterocycles. The third-order valence-electron chi connectivity index (χ3n) is 4.20. The van der Waals surface area contributed by atoms with E-state index in [4.69, 9.17) is 0 Å². The summed E-state index contributed by atoms with van der Waals surface area (Å²) in [6, 6.07) is 0.573. The molecule has 1 N–H and O–H groups in total. The molecule has 0 amide bonds. The quantitative estimate of drug-likeness (QED) is 0.665. The van der Waals surface area contributed by atoms with E-state index >= 15 is 0 Å². The Bertz CT molecular complexity index is 185. The van der Waals surface area contributed by atoms with Gasteiger partial charge in [-0.05, 0) is 46.3 Å². The minimum absolute atomic E-state index is 0.236. The molecule has 0 aromatic carbocycles. The van der Waals surface area contributed by atoms with Crippen molar-refractivity contribution in [3.8, 4) is 0 Å². The van der Waals surface area contributed by atoms with Crippen molar-refractivity contribution in [3.05, 3.63) is 0 Å². The van der Waals surface area contributed by atoms with Crippen LogP contribution in [0.5, 0.6) is 0 Å². The molecule has 0 saturated heterocycles. The Labute approximate surface area is 109 Å². The molecule has 0 aromatic rings. The number of nitrogens with zero attached hydrogens (tertiary/aromatic N) is 1. The Hall–Kier alpha value is -0.0800. The van der Waals surface area contributed by atoms with Crippen molar-refractivity contribution >= 4 is 0 Å². The molecule has 2 nitrogen and oxygen atoms in total. The van der Waals surface area contributed by atoms with Gasteiger partial charge >= 0.3 is 0 Å². The van der Waals surface area contributed by atoms with Crippen molar-refractivity contribution in [2.75, 3.05) is 20.1 Å². The molecule has 0 aliphatic rings. The Balaban J connectivity index is 4.60. The van der Waals surface area contributed by atoms with Gasteiger partial charge in [0.05, 0.1) is 0 Å². The Kier molecular flexibility index (Phi) is 8.06. The topological polar surface area (TPSA) is 15.3 Å². The summed E-state index contributed by atoms with van der Waals surface area (Å²) in [5.41, 5.74) is 0.236. The zero-order valence-corrected chi connectivity index (χ0v) is 13.1. The summed E-state index contributed by atoms with van der Waals surface area (Å²) < 4.78 is 0. The van der Waals surface area contributed by atoms with Crippen LogP contribution < -0.4 is 5.32 Å². The van der Waals surface area contributed by atoms with Crippen molar-refractivity contribution < 1.29 is 0 Å². The minimum atomic E-state index is 0.236. The number of nitrogens with one attached hydrogen (secondary N) is 1. The van der Waals surface area contributed by atoms with Gasteiger partial charge in [-0.2, -0.15) is 0 Å². The molecule has 17 heavy (non-hydrogen) atoms. The Morgan fingerprint density at radius 2 is 1.65 bits per heavy atom. The van der Waals surface area contributed by atoms with Crippen LogP contribution in [0.25, 0.3) is 0 Å². The average molecular weight is 242 g/mol. The number of likely N-dealkylation sites (N-methyl/N-ethyl adjacent to an activating group) is 2. The van der Waals surface area contributed by atoms with Crippen molar-refractivity contribution in [3.63, 3.8) is 0 Å². The van der Waals surface area contributed by atoms with Crippen LogP contribution >= 0.6 is 0 Å². The van der Waals surface area contributed by atoms with Gasteiger partial charge in [0, 0.05) is 11.6 Å². The third kappa shape index (κ3) is 4.97. The lowest BCUT2D eigenvalue weighted by atomic mass is 9.84.